The molecule has 2 aliphatic heterocycles. The van der Waals surface area contributed by atoms with Crippen LogP contribution in [0.4, 0.5) is 0 Å². The van der Waals surface area contributed by atoms with Gasteiger partial charge >= 0.3 is 0 Å². The maximum absolute atomic E-state index is 12.6. The Bertz CT molecular complexity index is 766. The molecule has 30 heavy (non-hydrogen) atoms. The van der Waals surface area contributed by atoms with Crippen molar-refractivity contribution in [3.63, 3.8) is 0 Å². The molecule has 10 heteroatoms. The molecule has 0 amide bonds. The lowest BCUT2D eigenvalue weighted by Gasteiger charge is -2.37. The summed E-state index contributed by atoms with van der Waals surface area (Å²) < 4.78 is 31.6. The van der Waals surface area contributed by atoms with Crippen LogP contribution in [-0.4, -0.2) is 92.5 Å². The van der Waals surface area contributed by atoms with Gasteiger partial charge in [-0.3, -0.25) is 9.89 Å². The van der Waals surface area contributed by atoms with Crippen molar-refractivity contribution in [3.05, 3.63) is 18.0 Å². The van der Waals surface area contributed by atoms with Crippen LogP contribution < -0.4 is 5.32 Å². The van der Waals surface area contributed by atoms with Crippen molar-refractivity contribution in [2.45, 2.75) is 44.9 Å². The van der Waals surface area contributed by atoms with Crippen molar-refractivity contribution in [2.24, 2.45) is 10.9 Å². The second kappa shape index (κ2) is 10.6. The SMILES string of the molecule is CN=C(NCC(CC(C)C)N1CCCC1)N1CCN(S(=O)(=O)Cc2ccon2)CC1. The first kappa shape index (κ1) is 23.0. The van der Waals surface area contributed by atoms with Crippen molar-refractivity contribution in [2.75, 3.05) is 52.9 Å². The lowest BCUT2D eigenvalue weighted by molar-refractivity contribution is 0.208. The van der Waals surface area contributed by atoms with Crippen LogP contribution in [0.2, 0.25) is 0 Å². The summed E-state index contributed by atoms with van der Waals surface area (Å²) in [5.74, 6) is 1.39. The summed E-state index contributed by atoms with van der Waals surface area (Å²) in [6, 6.07) is 2.10. The van der Waals surface area contributed by atoms with E-state index in [4.69, 9.17) is 4.52 Å². The number of hydrogen-bond donors (Lipinski definition) is 1. The minimum Gasteiger partial charge on any atom is -0.364 e. The van der Waals surface area contributed by atoms with Crippen molar-refractivity contribution >= 4 is 16.0 Å². The third-order valence-corrected chi connectivity index (χ3v) is 7.67. The normalized spacial score (nSPS) is 20.8. The van der Waals surface area contributed by atoms with Gasteiger partial charge in [0.2, 0.25) is 10.0 Å². The maximum atomic E-state index is 12.6. The summed E-state index contributed by atoms with van der Waals surface area (Å²) in [6.45, 7) is 9.92. The van der Waals surface area contributed by atoms with Gasteiger partial charge in [0.15, 0.2) is 5.96 Å². The standard InChI is InChI=1S/C20H36N6O3S/c1-17(2)14-19(24-7-4-5-8-24)15-22-20(21-3)25-9-11-26(12-10-25)30(27,28)16-18-6-13-29-23-18/h6,13,17,19H,4-5,7-12,14-16H2,1-3H3,(H,21,22). The summed E-state index contributed by atoms with van der Waals surface area (Å²) in [5.41, 5.74) is 0.438. The molecule has 0 aliphatic carbocycles. The highest BCUT2D eigenvalue weighted by molar-refractivity contribution is 7.88. The predicted molar refractivity (Wildman–Crippen MR) is 118 cm³/mol. The summed E-state index contributed by atoms with van der Waals surface area (Å²) in [4.78, 5) is 9.20. The van der Waals surface area contributed by atoms with Crippen LogP contribution in [0.1, 0.15) is 38.8 Å². The number of hydrogen-bond acceptors (Lipinski definition) is 6. The Morgan fingerprint density at radius 2 is 1.90 bits per heavy atom. The molecule has 0 saturated carbocycles. The number of aliphatic imine (C=N–C) groups is 1. The largest absolute Gasteiger partial charge is 0.364 e. The molecule has 9 nitrogen and oxygen atoms in total. The van der Waals surface area contributed by atoms with Gasteiger partial charge < -0.3 is 14.7 Å². The van der Waals surface area contributed by atoms with Crippen LogP contribution in [-0.2, 0) is 15.8 Å². The predicted octanol–water partition coefficient (Wildman–Crippen LogP) is 1.21. The monoisotopic (exact) mass is 440 g/mol. The van der Waals surface area contributed by atoms with Crippen molar-refractivity contribution in [1.82, 2.24) is 24.6 Å². The molecule has 3 rings (SSSR count). The molecule has 0 bridgehead atoms. The first-order valence-electron chi connectivity index (χ1n) is 11.0. The molecule has 1 unspecified atom stereocenters. The van der Waals surface area contributed by atoms with E-state index in [9.17, 15) is 8.42 Å². The van der Waals surface area contributed by atoms with Gasteiger partial charge in [0.25, 0.3) is 0 Å². The molecule has 0 aromatic carbocycles. The Labute approximate surface area is 180 Å². The topological polar surface area (TPSA) is 94.3 Å². The lowest BCUT2D eigenvalue weighted by Crippen LogP contribution is -2.55. The van der Waals surface area contributed by atoms with E-state index < -0.39 is 10.0 Å². The molecule has 1 N–H and O–H groups in total. The van der Waals surface area contributed by atoms with Crippen LogP contribution >= 0.6 is 0 Å². The van der Waals surface area contributed by atoms with Gasteiger partial charge in [0.1, 0.15) is 12.0 Å². The molecule has 3 heterocycles. The zero-order valence-corrected chi connectivity index (χ0v) is 19.3. The Morgan fingerprint density at radius 1 is 1.20 bits per heavy atom. The molecule has 0 radical (unpaired) electrons. The summed E-state index contributed by atoms with van der Waals surface area (Å²) in [7, 11) is -1.60. The Hall–Kier alpha value is -1.65. The number of guanidine groups is 1. The van der Waals surface area contributed by atoms with Crippen LogP contribution in [0.15, 0.2) is 21.8 Å². The highest BCUT2D eigenvalue weighted by atomic mass is 32.2. The molecule has 1 aromatic heterocycles. The van der Waals surface area contributed by atoms with Gasteiger partial charge in [-0.1, -0.05) is 19.0 Å². The fourth-order valence-electron chi connectivity index (χ4n) is 4.32. The van der Waals surface area contributed by atoms with Crippen LogP contribution in [0.3, 0.4) is 0 Å². The summed E-state index contributed by atoms with van der Waals surface area (Å²) in [6.07, 6.45) is 5.13. The third-order valence-electron chi connectivity index (χ3n) is 5.86. The highest BCUT2D eigenvalue weighted by Crippen LogP contribution is 2.18. The smallest absolute Gasteiger partial charge is 0.220 e. The minimum absolute atomic E-state index is 0.122. The van der Waals surface area contributed by atoms with Crippen LogP contribution in [0, 0.1) is 5.92 Å². The van der Waals surface area contributed by atoms with Gasteiger partial charge in [0, 0.05) is 51.9 Å². The average molecular weight is 441 g/mol. The number of likely N-dealkylation sites (tertiary alicyclic amines) is 1. The number of nitrogens with one attached hydrogen (secondary N) is 1. The van der Waals surface area contributed by atoms with Crippen molar-refractivity contribution < 1.29 is 12.9 Å². The van der Waals surface area contributed by atoms with E-state index in [1.54, 1.807) is 13.1 Å². The molecule has 170 valence electrons. The van der Waals surface area contributed by atoms with Gasteiger partial charge in [-0.15, -0.1) is 0 Å². The fourth-order valence-corrected chi connectivity index (χ4v) is 5.75. The molecular formula is C20H36N6O3S. The molecule has 2 saturated heterocycles. The first-order valence-corrected chi connectivity index (χ1v) is 12.6. The Kier molecular flexibility index (Phi) is 8.13. The number of sulfonamides is 1. The van der Waals surface area contributed by atoms with E-state index >= 15 is 0 Å². The van der Waals surface area contributed by atoms with E-state index in [0.717, 1.165) is 18.9 Å². The maximum Gasteiger partial charge on any atom is 0.220 e. The van der Waals surface area contributed by atoms with E-state index in [-0.39, 0.29) is 5.75 Å². The van der Waals surface area contributed by atoms with E-state index in [1.165, 1.54) is 36.5 Å². The average Bonchev–Trinajstić information content (AvgIpc) is 3.41. The molecule has 0 spiro atoms. The molecule has 2 fully saturated rings. The summed E-state index contributed by atoms with van der Waals surface area (Å²) in [5, 5.41) is 7.28. The lowest BCUT2D eigenvalue weighted by atomic mass is 10.0. The minimum atomic E-state index is -3.40. The first-order chi connectivity index (χ1) is 14.4. The van der Waals surface area contributed by atoms with Crippen LogP contribution in [0.5, 0.6) is 0 Å². The molecular weight excluding hydrogens is 404 g/mol. The number of aromatic nitrogens is 1. The third kappa shape index (κ3) is 6.18. The second-order valence-electron chi connectivity index (χ2n) is 8.59. The summed E-state index contributed by atoms with van der Waals surface area (Å²) >= 11 is 0. The van der Waals surface area contributed by atoms with Gasteiger partial charge in [-0.2, -0.15) is 4.31 Å². The molecule has 2 aliphatic rings. The van der Waals surface area contributed by atoms with Crippen molar-refractivity contribution in [1.29, 1.82) is 0 Å². The van der Waals surface area contributed by atoms with E-state index in [2.05, 4.69) is 39.1 Å². The van der Waals surface area contributed by atoms with Gasteiger partial charge in [-0.05, 0) is 38.3 Å². The quantitative estimate of drug-likeness (QED) is 0.480. The van der Waals surface area contributed by atoms with Crippen LogP contribution in [0.25, 0.3) is 0 Å². The zero-order valence-electron chi connectivity index (χ0n) is 18.5. The van der Waals surface area contributed by atoms with E-state index in [0.29, 0.717) is 43.8 Å². The highest BCUT2D eigenvalue weighted by Gasteiger charge is 2.29. The molecule has 1 atom stereocenters. The van der Waals surface area contributed by atoms with Crippen molar-refractivity contribution in [3.8, 4) is 0 Å². The van der Waals surface area contributed by atoms with E-state index in [1.807, 2.05) is 0 Å². The Morgan fingerprint density at radius 3 is 2.47 bits per heavy atom. The number of piperazine rings is 1. The Balaban J connectivity index is 1.51. The second-order valence-corrected chi connectivity index (χ2v) is 10.6. The number of nitrogens with zero attached hydrogens (tertiary/aromatic N) is 5. The zero-order chi connectivity index (χ0) is 21.6. The number of rotatable bonds is 8. The van der Waals surface area contributed by atoms with Gasteiger partial charge in [0.05, 0.1) is 5.69 Å². The van der Waals surface area contributed by atoms with Gasteiger partial charge in [-0.25, -0.2) is 8.42 Å². The molecule has 1 aromatic rings. The fraction of sp³-hybridized carbons (Fsp3) is 0.800.